The Hall–Kier alpha value is -1.75. The Labute approximate surface area is 111 Å². The molecule has 3 N–H and O–H groups in total. The normalized spacial score (nSPS) is 11.2. The number of amidine groups is 1. The molecule has 0 bridgehead atoms. The predicted molar refractivity (Wildman–Crippen MR) is 73.9 cm³/mol. The number of rotatable bonds is 5. The van der Waals surface area contributed by atoms with E-state index < -0.39 is 0 Å². The summed E-state index contributed by atoms with van der Waals surface area (Å²) in [7, 11) is 1.52. The van der Waals surface area contributed by atoms with Crippen LogP contribution in [0.2, 0.25) is 0 Å². The van der Waals surface area contributed by atoms with Crippen LogP contribution in [-0.4, -0.2) is 24.7 Å². The lowest BCUT2D eigenvalue weighted by atomic mass is 10.2. The monoisotopic (exact) mass is 269 g/mol. The number of hydrogen-bond donors (Lipinski definition) is 2. The minimum atomic E-state index is -0.0789. The maximum absolute atomic E-state index is 11.3. The Balaban J connectivity index is 3.00. The van der Waals surface area contributed by atoms with E-state index in [9.17, 15) is 4.79 Å². The van der Waals surface area contributed by atoms with Crippen LogP contribution in [0.3, 0.4) is 0 Å². The van der Waals surface area contributed by atoms with E-state index in [-0.39, 0.29) is 11.8 Å². The lowest BCUT2D eigenvalue weighted by Crippen LogP contribution is -2.12. The number of ether oxygens (including phenoxy) is 1. The number of methoxy groups -OCH3 is 1. The van der Waals surface area contributed by atoms with Crippen LogP contribution in [0.25, 0.3) is 0 Å². The average Bonchev–Trinajstić information content (AvgIpc) is 2.39. The van der Waals surface area contributed by atoms with Gasteiger partial charge in [-0.1, -0.05) is 6.92 Å². The average molecular weight is 270 g/mol. The fraction of sp³-hybridized carbons (Fsp3) is 0.333. The minimum absolute atomic E-state index is 0.0789. The number of nitrogens with one attached hydrogen (secondary N) is 1. The number of nitrogens with zero attached hydrogens (tertiary/aromatic N) is 1. The van der Waals surface area contributed by atoms with E-state index in [0.717, 1.165) is 0 Å². The highest BCUT2D eigenvalue weighted by molar-refractivity contribution is 6.28. The molecule has 18 heavy (non-hydrogen) atoms. The van der Waals surface area contributed by atoms with Crippen molar-refractivity contribution in [3.63, 3.8) is 0 Å². The van der Waals surface area contributed by atoms with Gasteiger partial charge in [0.2, 0.25) is 5.91 Å². The van der Waals surface area contributed by atoms with Crippen LogP contribution in [0.5, 0.6) is 5.75 Å². The molecule has 98 valence electrons. The number of hydrogen-bond acceptors (Lipinski definition) is 3. The van der Waals surface area contributed by atoms with Crippen LogP contribution in [0.1, 0.15) is 13.3 Å². The number of carbonyl (C=O) groups excluding carboxylic acids is 1. The summed E-state index contributed by atoms with van der Waals surface area (Å²) in [4.78, 5) is 15.4. The second-order valence-corrected chi connectivity index (χ2v) is 3.79. The topological polar surface area (TPSA) is 76.7 Å². The standard InChI is InChI=1S/C12H16ClN3O2/c1-3-12(17)16-9-5-4-8(6-10(9)18-2)15-11(14)7-13/h4-6H,3,7H2,1-2H3,(H2,14,15)(H,16,17). The van der Waals surface area contributed by atoms with E-state index in [1.54, 1.807) is 25.1 Å². The molecule has 0 aromatic heterocycles. The summed E-state index contributed by atoms with van der Waals surface area (Å²) in [5.74, 6) is 0.936. The van der Waals surface area contributed by atoms with Crippen molar-refractivity contribution in [1.82, 2.24) is 0 Å². The van der Waals surface area contributed by atoms with Crippen molar-refractivity contribution in [3.8, 4) is 5.75 Å². The van der Waals surface area contributed by atoms with E-state index in [2.05, 4.69) is 10.3 Å². The number of benzene rings is 1. The highest BCUT2D eigenvalue weighted by Gasteiger charge is 2.07. The third kappa shape index (κ3) is 3.92. The Morgan fingerprint density at radius 2 is 2.28 bits per heavy atom. The quantitative estimate of drug-likeness (QED) is 0.489. The molecule has 0 heterocycles. The van der Waals surface area contributed by atoms with E-state index >= 15 is 0 Å². The summed E-state index contributed by atoms with van der Waals surface area (Å²) in [5.41, 5.74) is 6.77. The van der Waals surface area contributed by atoms with Gasteiger partial charge >= 0.3 is 0 Å². The maximum atomic E-state index is 11.3. The van der Waals surface area contributed by atoms with Gasteiger partial charge < -0.3 is 15.8 Å². The molecule has 1 aromatic carbocycles. The second kappa shape index (κ2) is 6.86. The Bertz CT molecular complexity index is 461. The van der Waals surface area contributed by atoms with E-state index in [1.807, 2.05) is 0 Å². The smallest absolute Gasteiger partial charge is 0.224 e. The fourth-order valence-electron chi connectivity index (χ4n) is 1.29. The number of aliphatic imine (C=N–C) groups is 1. The number of amides is 1. The summed E-state index contributed by atoms with van der Waals surface area (Å²) < 4.78 is 5.19. The number of alkyl halides is 1. The maximum Gasteiger partial charge on any atom is 0.224 e. The summed E-state index contributed by atoms with van der Waals surface area (Å²) in [5, 5.41) is 2.74. The van der Waals surface area contributed by atoms with Gasteiger partial charge in [-0.3, -0.25) is 4.79 Å². The SMILES string of the molecule is CCC(=O)Nc1ccc(N=C(N)CCl)cc1OC. The van der Waals surface area contributed by atoms with Crippen LogP contribution in [0, 0.1) is 0 Å². The van der Waals surface area contributed by atoms with Crippen molar-refractivity contribution in [2.45, 2.75) is 13.3 Å². The van der Waals surface area contributed by atoms with E-state index in [1.165, 1.54) is 7.11 Å². The molecule has 0 fully saturated rings. The molecule has 1 amide bonds. The molecular formula is C12H16ClN3O2. The summed E-state index contributed by atoms with van der Waals surface area (Å²) in [6, 6.07) is 5.13. The largest absolute Gasteiger partial charge is 0.494 e. The van der Waals surface area contributed by atoms with Gasteiger partial charge in [0.25, 0.3) is 0 Å². The molecule has 5 nitrogen and oxygen atoms in total. The lowest BCUT2D eigenvalue weighted by molar-refractivity contribution is -0.115. The van der Waals surface area contributed by atoms with Gasteiger partial charge in [0.15, 0.2) is 0 Å². The van der Waals surface area contributed by atoms with Crippen molar-refractivity contribution >= 4 is 34.7 Å². The Morgan fingerprint density at radius 3 is 2.83 bits per heavy atom. The molecule has 1 aromatic rings. The van der Waals surface area contributed by atoms with Gasteiger partial charge in [-0.15, -0.1) is 11.6 Å². The number of halogens is 1. The van der Waals surface area contributed by atoms with E-state index in [0.29, 0.717) is 29.4 Å². The third-order valence-corrected chi connectivity index (χ3v) is 2.46. The Kier molecular flexibility index (Phi) is 5.45. The molecule has 0 spiro atoms. The van der Waals surface area contributed by atoms with Crippen LogP contribution < -0.4 is 15.8 Å². The molecule has 0 saturated heterocycles. The lowest BCUT2D eigenvalue weighted by Gasteiger charge is -2.10. The first-order valence-corrected chi connectivity index (χ1v) is 6.01. The second-order valence-electron chi connectivity index (χ2n) is 3.52. The molecule has 0 aliphatic carbocycles. The first-order valence-electron chi connectivity index (χ1n) is 5.47. The van der Waals surface area contributed by atoms with Crippen molar-refractivity contribution < 1.29 is 9.53 Å². The number of carbonyl (C=O) groups is 1. The van der Waals surface area contributed by atoms with Crippen LogP contribution in [0.15, 0.2) is 23.2 Å². The van der Waals surface area contributed by atoms with Crippen LogP contribution >= 0.6 is 11.6 Å². The molecule has 1 rings (SSSR count). The molecule has 0 radical (unpaired) electrons. The first kappa shape index (κ1) is 14.3. The molecule has 0 unspecified atom stereocenters. The first-order chi connectivity index (χ1) is 8.60. The zero-order chi connectivity index (χ0) is 13.5. The molecule has 0 aliphatic heterocycles. The molecule has 0 aliphatic rings. The number of anilines is 1. The molecule has 0 saturated carbocycles. The van der Waals surface area contributed by atoms with Gasteiger partial charge in [-0.2, -0.15) is 0 Å². The molecular weight excluding hydrogens is 254 g/mol. The predicted octanol–water partition coefficient (Wildman–Crippen LogP) is 2.27. The van der Waals surface area contributed by atoms with Gasteiger partial charge in [-0.05, 0) is 12.1 Å². The molecule has 0 atom stereocenters. The summed E-state index contributed by atoms with van der Waals surface area (Å²) in [6.45, 7) is 1.78. The van der Waals surface area contributed by atoms with Crippen molar-refractivity contribution in [2.75, 3.05) is 18.3 Å². The zero-order valence-electron chi connectivity index (χ0n) is 10.4. The van der Waals surface area contributed by atoms with Gasteiger partial charge in [-0.25, -0.2) is 4.99 Å². The Morgan fingerprint density at radius 1 is 1.56 bits per heavy atom. The summed E-state index contributed by atoms with van der Waals surface area (Å²) in [6.07, 6.45) is 0.405. The van der Waals surface area contributed by atoms with Gasteiger partial charge in [0, 0.05) is 12.5 Å². The zero-order valence-corrected chi connectivity index (χ0v) is 11.1. The minimum Gasteiger partial charge on any atom is -0.494 e. The fourth-order valence-corrected chi connectivity index (χ4v) is 1.35. The van der Waals surface area contributed by atoms with Crippen molar-refractivity contribution in [3.05, 3.63) is 18.2 Å². The van der Waals surface area contributed by atoms with Crippen molar-refractivity contribution in [1.29, 1.82) is 0 Å². The molecule has 6 heteroatoms. The number of nitrogens with two attached hydrogens (primary N) is 1. The van der Waals surface area contributed by atoms with Crippen LogP contribution in [0.4, 0.5) is 11.4 Å². The third-order valence-electron chi connectivity index (χ3n) is 2.19. The van der Waals surface area contributed by atoms with Crippen molar-refractivity contribution in [2.24, 2.45) is 10.7 Å². The van der Waals surface area contributed by atoms with Crippen LogP contribution in [-0.2, 0) is 4.79 Å². The summed E-state index contributed by atoms with van der Waals surface area (Å²) >= 11 is 5.55. The van der Waals surface area contributed by atoms with Gasteiger partial charge in [0.1, 0.15) is 11.6 Å². The van der Waals surface area contributed by atoms with E-state index in [4.69, 9.17) is 22.1 Å². The van der Waals surface area contributed by atoms with Gasteiger partial charge in [0.05, 0.1) is 24.4 Å². The highest BCUT2D eigenvalue weighted by atomic mass is 35.5. The highest BCUT2D eigenvalue weighted by Crippen LogP contribution is 2.29.